The Morgan fingerprint density at radius 2 is 1.63 bits per heavy atom. The number of unbranched alkanes of at least 4 members (excludes halogenated alkanes) is 4. The van der Waals surface area contributed by atoms with Gasteiger partial charge >= 0.3 is 5.97 Å². The molecule has 0 aliphatic rings. The minimum absolute atomic E-state index is 0.135. The zero-order chi connectivity index (χ0) is 19.5. The molecular formula is C22H30N2O3. The molecule has 1 unspecified atom stereocenters. The summed E-state index contributed by atoms with van der Waals surface area (Å²) in [5.74, 6) is 1.42. The number of nitrogens with zero attached hydrogens (tertiary/aromatic N) is 2. The molecule has 146 valence electrons. The van der Waals surface area contributed by atoms with Crippen molar-refractivity contribution in [3.05, 3.63) is 36.7 Å². The molecule has 0 N–H and O–H groups in total. The van der Waals surface area contributed by atoms with Crippen molar-refractivity contribution < 1.29 is 14.3 Å². The molecule has 0 spiro atoms. The summed E-state index contributed by atoms with van der Waals surface area (Å²) in [7, 11) is 0. The summed E-state index contributed by atoms with van der Waals surface area (Å²) in [6.07, 6.45) is 9.93. The number of carbonyl (C=O) groups is 1. The molecule has 0 saturated carbocycles. The number of carbonyl (C=O) groups excluding carboxylic acids is 1. The fourth-order valence-corrected chi connectivity index (χ4v) is 2.50. The lowest BCUT2D eigenvalue weighted by Gasteiger charge is -2.09. The molecular weight excluding hydrogens is 340 g/mol. The number of hydrogen-bond acceptors (Lipinski definition) is 5. The number of esters is 1. The van der Waals surface area contributed by atoms with E-state index in [4.69, 9.17) is 9.47 Å². The third kappa shape index (κ3) is 7.00. The number of hydrogen-bond donors (Lipinski definition) is 0. The van der Waals surface area contributed by atoms with Crippen LogP contribution in [0.15, 0.2) is 36.7 Å². The van der Waals surface area contributed by atoms with Crippen LogP contribution in [0.1, 0.15) is 59.3 Å². The fourth-order valence-electron chi connectivity index (χ4n) is 2.50. The van der Waals surface area contributed by atoms with Gasteiger partial charge in [0.05, 0.1) is 24.9 Å². The maximum atomic E-state index is 11.8. The SMILES string of the molecule is CCCCCCCOc1ccc(-c2ncc(OC(=O)C(C)CC)cn2)cc1. The minimum atomic E-state index is -0.259. The van der Waals surface area contributed by atoms with Crippen molar-refractivity contribution in [3.8, 4) is 22.9 Å². The molecule has 1 atom stereocenters. The standard InChI is InChI=1S/C22H30N2O3/c1-4-6-7-8-9-14-26-19-12-10-18(11-13-19)21-23-15-20(16-24-21)27-22(25)17(3)5-2/h10-13,15-17H,4-9,14H2,1-3H3. The van der Waals surface area contributed by atoms with Crippen molar-refractivity contribution in [2.45, 2.75) is 59.3 Å². The van der Waals surface area contributed by atoms with Crippen LogP contribution in [0.2, 0.25) is 0 Å². The van der Waals surface area contributed by atoms with E-state index in [0.29, 0.717) is 11.6 Å². The highest BCUT2D eigenvalue weighted by atomic mass is 16.5. The van der Waals surface area contributed by atoms with Gasteiger partial charge in [-0.2, -0.15) is 0 Å². The Bertz CT molecular complexity index is 684. The molecule has 0 aliphatic carbocycles. The highest BCUT2D eigenvalue weighted by Crippen LogP contribution is 2.21. The van der Waals surface area contributed by atoms with E-state index in [9.17, 15) is 4.79 Å². The lowest BCUT2D eigenvalue weighted by Crippen LogP contribution is -2.17. The van der Waals surface area contributed by atoms with Gasteiger partial charge in [-0.15, -0.1) is 0 Å². The maximum Gasteiger partial charge on any atom is 0.314 e. The van der Waals surface area contributed by atoms with Crippen molar-refractivity contribution in [3.63, 3.8) is 0 Å². The summed E-state index contributed by atoms with van der Waals surface area (Å²) < 4.78 is 11.0. The first kappa shape index (κ1) is 20.9. The molecule has 1 aromatic heterocycles. The Morgan fingerprint density at radius 3 is 2.26 bits per heavy atom. The van der Waals surface area contributed by atoms with E-state index in [-0.39, 0.29) is 11.9 Å². The number of ether oxygens (including phenoxy) is 2. The van der Waals surface area contributed by atoms with Crippen LogP contribution in [-0.2, 0) is 4.79 Å². The molecule has 0 bridgehead atoms. The van der Waals surface area contributed by atoms with E-state index >= 15 is 0 Å². The molecule has 5 heteroatoms. The monoisotopic (exact) mass is 370 g/mol. The Balaban J connectivity index is 1.84. The molecule has 5 nitrogen and oxygen atoms in total. The van der Waals surface area contributed by atoms with Crippen molar-refractivity contribution in [2.75, 3.05) is 6.61 Å². The smallest absolute Gasteiger partial charge is 0.314 e. The zero-order valence-electron chi connectivity index (χ0n) is 16.6. The third-order valence-corrected chi connectivity index (χ3v) is 4.49. The Morgan fingerprint density at radius 1 is 0.963 bits per heavy atom. The summed E-state index contributed by atoms with van der Waals surface area (Å²) >= 11 is 0. The maximum absolute atomic E-state index is 11.8. The van der Waals surface area contributed by atoms with Crippen molar-refractivity contribution in [1.82, 2.24) is 9.97 Å². The van der Waals surface area contributed by atoms with E-state index in [1.165, 1.54) is 38.1 Å². The second-order valence-corrected chi connectivity index (χ2v) is 6.76. The number of aromatic nitrogens is 2. The third-order valence-electron chi connectivity index (χ3n) is 4.49. The highest BCUT2D eigenvalue weighted by Gasteiger charge is 2.13. The van der Waals surface area contributed by atoms with Crippen LogP contribution in [0.25, 0.3) is 11.4 Å². The van der Waals surface area contributed by atoms with Gasteiger partial charge in [0, 0.05) is 5.56 Å². The summed E-state index contributed by atoms with van der Waals surface area (Å²) in [6.45, 7) is 6.75. The van der Waals surface area contributed by atoms with E-state index < -0.39 is 0 Å². The first-order valence-corrected chi connectivity index (χ1v) is 9.91. The van der Waals surface area contributed by atoms with Crippen LogP contribution >= 0.6 is 0 Å². The van der Waals surface area contributed by atoms with Gasteiger partial charge in [-0.25, -0.2) is 9.97 Å². The average molecular weight is 370 g/mol. The van der Waals surface area contributed by atoms with Crippen molar-refractivity contribution in [1.29, 1.82) is 0 Å². The first-order chi connectivity index (χ1) is 13.1. The summed E-state index contributed by atoms with van der Waals surface area (Å²) in [6, 6.07) is 7.74. The van der Waals surface area contributed by atoms with E-state index in [1.807, 2.05) is 38.1 Å². The number of benzene rings is 1. The topological polar surface area (TPSA) is 61.3 Å². The molecule has 27 heavy (non-hydrogen) atoms. The molecule has 2 aromatic rings. The fraction of sp³-hybridized carbons (Fsp3) is 0.500. The second-order valence-electron chi connectivity index (χ2n) is 6.76. The lowest BCUT2D eigenvalue weighted by molar-refractivity contribution is -0.138. The van der Waals surface area contributed by atoms with Gasteiger partial charge in [0.2, 0.25) is 0 Å². The van der Waals surface area contributed by atoms with Gasteiger partial charge in [-0.3, -0.25) is 4.79 Å². The Hall–Kier alpha value is -2.43. The molecule has 0 amide bonds. The van der Waals surface area contributed by atoms with E-state index in [1.54, 1.807) is 0 Å². The first-order valence-electron chi connectivity index (χ1n) is 9.91. The average Bonchev–Trinajstić information content (AvgIpc) is 2.71. The lowest BCUT2D eigenvalue weighted by atomic mass is 10.1. The molecule has 1 heterocycles. The van der Waals surface area contributed by atoms with Crippen molar-refractivity contribution in [2.24, 2.45) is 5.92 Å². The predicted octanol–water partition coefficient (Wildman–Crippen LogP) is 5.44. The summed E-state index contributed by atoms with van der Waals surface area (Å²) in [4.78, 5) is 20.4. The van der Waals surface area contributed by atoms with Gasteiger partial charge in [-0.05, 0) is 37.1 Å². The van der Waals surface area contributed by atoms with Gasteiger partial charge in [0.25, 0.3) is 0 Å². The second kappa shape index (κ2) is 11.3. The number of rotatable bonds is 11. The van der Waals surface area contributed by atoms with Gasteiger partial charge in [0.1, 0.15) is 5.75 Å². The molecule has 0 fully saturated rings. The quantitative estimate of drug-likeness (QED) is 0.389. The molecule has 0 radical (unpaired) electrons. The largest absolute Gasteiger partial charge is 0.494 e. The van der Waals surface area contributed by atoms with Gasteiger partial charge in [0.15, 0.2) is 11.6 Å². The van der Waals surface area contributed by atoms with Crippen LogP contribution in [0.3, 0.4) is 0 Å². The molecule has 2 rings (SSSR count). The van der Waals surface area contributed by atoms with Gasteiger partial charge in [-0.1, -0.05) is 46.5 Å². The zero-order valence-corrected chi connectivity index (χ0v) is 16.6. The van der Waals surface area contributed by atoms with E-state index in [0.717, 1.165) is 30.8 Å². The molecule has 0 saturated heterocycles. The highest BCUT2D eigenvalue weighted by molar-refractivity contribution is 5.74. The minimum Gasteiger partial charge on any atom is -0.494 e. The van der Waals surface area contributed by atoms with Crippen LogP contribution in [0, 0.1) is 5.92 Å². The van der Waals surface area contributed by atoms with Gasteiger partial charge < -0.3 is 9.47 Å². The predicted molar refractivity (Wildman–Crippen MR) is 107 cm³/mol. The van der Waals surface area contributed by atoms with Crippen LogP contribution in [-0.4, -0.2) is 22.5 Å². The summed E-state index contributed by atoms with van der Waals surface area (Å²) in [5, 5.41) is 0. The normalized spacial score (nSPS) is 11.8. The Labute approximate surface area is 162 Å². The Kier molecular flexibility index (Phi) is 8.75. The molecule has 1 aromatic carbocycles. The van der Waals surface area contributed by atoms with Crippen LogP contribution < -0.4 is 9.47 Å². The summed E-state index contributed by atoms with van der Waals surface area (Å²) in [5.41, 5.74) is 0.894. The van der Waals surface area contributed by atoms with Crippen LogP contribution in [0.5, 0.6) is 11.5 Å². The molecule has 0 aliphatic heterocycles. The van der Waals surface area contributed by atoms with E-state index in [2.05, 4.69) is 16.9 Å². The van der Waals surface area contributed by atoms with Crippen molar-refractivity contribution >= 4 is 5.97 Å². The van der Waals surface area contributed by atoms with Crippen LogP contribution in [0.4, 0.5) is 0 Å².